The van der Waals surface area contributed by atoms with Gasteiger partial charge in [0, 0.05) is 19.8 Å². The molecule has 0 radical (unpaired) electrons. The number of aromatic nitrogens is 2. The molecule has 1 rings (SSSR count). The molecule has 0 aliphatic carbocycles. The third-order valence-corrected chi connectivity index (χ3v) is 2.49. The Kier molecular flexibility index (Phi) is 5.44. The predicted molar refractivity (Wildman–Crippen MR) is 74.5 cm³/mol. The van der Waals surface area contributed by atoms with E-state index in [0.29, 0.717) is 18.2 Å². The molecule has 0 aromatic carbocycles. The fourth-order valence-corrected chi connectivity index (χ4v) is 1.52. The van der Waals surface area contributed by atoms with Crippen LogP contribution in [0.4, 0.5) is 5.95 Å². The van der Waals surface area contributed by atoms with Crippen LogP contribution in [0.1, 0.15) is 19.0 Å². The number of nitrogens with one attached hydrogen (secondary N) is 1. The number of carbonyl (C=O) groups is 1. The van der Waals surface area contributed by atoms with Gasteiger partial charge in [-0.2, -0.15) is 0 Å². The Bertz CT molecular complexity index is 437. The van der Waals surface area contributed by atoms with E-state index in [4.69, 9.17) is 18.0 Å². The summed E-state index contributed by atoms with van der Waals surface area (Å²) in [5.41, 5.74) is 6.03. The van der Waals surface area contributed by atoms with Gasteiger partial charge in [0.25, 0.3) is 0 Å². The first kappa shape index (κ1) is 14.3. The molecule has 1 aromatic rings. The average molecular weight is 267 g/mol. The van der Waals surface area contributed by atoms with Gasteiger partial charge in [0.05, 0.1) is 6.54 Å². The smallest absolute Gasteiger partial charge is 0.239 e. The molecule has 0 unspecified atom stereocenters. The van der Waals surface area contributed by atoms with Crippen LogP contribution < -0.4 is 16.0 Å². The van der Waals surface area contributed by atoms with Crippen molar-refractivity contribution in [2.45, 2.75) is 13.3 Å². The maximum Gasteiger partial charge on any atom is 0.239 e. The van der Waals surface area contributed by atoms with E-state index >= 15 is 0 Å². The zero-order chi connectivity index (χ0) is 13.5. The van der Waals surface area contributed by atoms with Crippen molar-refractivity contribution < 1.29 is 4.79 Å². The van der Waals surface area contributed by atoms with Crippen LogP contribution in [0.15, 0.2) is 12.3 Å². The van der Waals surface area contributed by atoms with Crippen LogP contribution in [0.2, 0.25) is 0 Å². The standard InChI is InChI=1S/C11H17N5OS/c1-3-6-16(7-9(17)13-2)11-14-5-4-8(15-11)10(12)18/h4-5H,3,6-7H2,1-2H3,(H2,12,18)(H,13,17). The highest BCUT2D eigenvalue weighted by Gasteiger charge is 2.13. The van der Waals surface area contributed by atoms with E-state index in [0.717, 1.165) is 6.42 Å². The summed E-state index contributed by atoms with van der Waals surface area (Å²) in [6.45, 7) is 2.92. The number of thiocarbonyl (C=S) groups is 1. The van der Waals surface area contributed by atoms with Crippen LogP contribution in [-0.4, -0.2) is 41.0 Å². The highest BCUT2D eigenvalue weighted by atomic mass is 32.1. The number of carbonyl (C=O) groups excluding carboxylic acids is 1. The molecular formula is C11H17N5OS. The summed E-state index contributed by atoms with van der Waals surface area (Å²) in [6.07, 6.45) is 2.47. The molecule has 0 bridgehead atoms. The zero-order valence-electron chi connectivity index (χ0n) is 10.5. The van der Waals surface area contributed by atoms with E-state index in [9.17, 15) is 4.79 Å². The molecular weight excluding hydrogens is 250 g/mol. The van der Waals surface area contributed by atoms with E-state index in [1.807, 2.05) is 6.92 Å². The van der Waals surface area contributed by atoms with Gasteiger partial charge in [0.2, 0.25) is 11.9 Å². The normalized spacial score (nSPS) is 9.89. The molecule has 0 aliphatic heterocycles. The number of hydrogen-bond acceptors (Lipinski definition) is 5. The largest absolute Gasteiger partial charge is 0.388 e. The van der Waals surface area contributed by atoms with E-state index in [2.05, 4.69) is 15.3 Å². The zero-order valence-corrected chi connectivity index (χ0v) is 11.3. The van der Waals surface area contributed by atoms with E-state index in [-0.39, 0.29) is 17.4 Å². The van der Waals surface area contributed by atoms with E-state index in [1.165, 1.54) is 0 Å². The fourth-order valence-electron chi connectivity index (χ4n) is 1.41. The predicted octanol–water partition coefficient (Wildman–Crippen LogP) is 0.0732. The van der Waals surface area contributed by atoms with Crippen LogP contribution in [-0.2, 0) is 4.79 Å². The molecule has 0 saturated heterocycles. The summed E-state index contributed by atoms with van der Waals surface area (Å²) in [7, 11) is 1.60. The van der Waals surface area contributed by atoms with Gasteiger partial charge in [-0.05, 0) is 12.5 Å². The number of likely N-dealkylation sites (N-methyl/N-ethyl adjacent to an activating group) is 1. The second-order valence-electron chi connectivity index (χ2n) is 3.70. The summed E-state index contributed by atoms with van der Waals surface area (Å²) in [5, 5.41) is 2.57. The molecule has 98 valence electrons. The molecule has 1 aromatic heterocycles. The van der Waals surface area contributed by atoms with Crippen molar-refractivity contribution in [1.29, 1.82) is 0 Å². The minimum atomic E-state index is -0.0900. The van der Waals surface area contributed by atoms with Crippen molar-refractivity contribution in [1.82, 2.24) is 15.3 Å². The Balaban J connectivity index is 2.94. The highest BCUT2D eigenvalue weighted by molar-refractivity contribution is 7.80. The molecule has 0 aliphatic rings. The monoisotopic (exact) mass is 267 g/mol. The Morgan fingerprint density at radius 1 is 1.61 bits per heavy atom. The first-order valence-corrected chi connectivity index (χ1v) is 6.07. The second-order valence-corrected chi connectivity index (χ2v) is 4.14. The molecule has 18 heavy (non-hydrogen) atoms. The molecule has 3 N–H and O–H groups in total. The molecule has 0 atom stereocenters. The molecule has 6 nitrogen and oxygen atoms in total. The lowest BCUT2D eigenvalue weighted by atomic mass is 10.4. The van der Waals surface area contributed by atoms with Crippen molar-refractivity contribution in [2.24, 2.45) is 5.73 Å². The first-order chi connectivity index (χ1) is 8.58. The Morgan fingerprint density at radius 2 is 2.33 bits per heavy atom. The SMILES string of the molecule is CCCN(CC(=O)NC)c1nccc(C(N)=S)n1. The second kappa shape index (κ2) is 6.85. The number of hydrogen-bond donors (Lipinski definition) is 2. The molecule has 0 spiro atoms. The average Bonchev–Trinajstić information content (AvgIpc) is 2.38. The minimum absolute atomic E-state index is 0.0900. The van der Waals surface area contributed by atoms with Crippen LogP contribution in [0.25, 0.3) is 0 Å². The van der Waals surface area contributed by atoms with Gasteiger partial charge in [-0.1, -0.05) is 19.1 Å². The molecule has 7 heteroatoms. The summed E-state index contributed by atoms with van der Waals surface area (Å²) in [4.78, 5) is 21.8. The van der Waals surface area contributed by atoms with Crippen molar-refractivity contribution in [3.63, 3.8) is 0 Å². The Hall–Kier alpha value is -1.76. The van der Waals surface area contributed by atoms with E-state index in [1.54, 1.807) is 24.2 Å². The van der Waals surface area contributed by atoms with Crippen molar-refractivity contribution in [2.75, 3.05) is 25.0 Å². The van der Waals surface area contributed by atoms with Gasteiger partial charge >= 0.3 is 0 Å². The lowest BCUT2D eigenvalue weighted by molar-refractivity contribution is -0.119. The molecule has 0 fully saturated rings. The number of nitrogens with zero attached hydrogens (tertiary/aromatic N) is 3. The number of amides is 1. The molecule has 0 saturated carbocycles. The van der Waals surface area contributed by atoms with Gasteiger partial charge < -0.3 is 16.0 Å². The third-order valence-electron chi connectivity index (χ3n) is 2.28. The summed E-state index contributed by atoms with van der Waals surface area (Å²) >= 11 is 4.87. The highest BCUT2D eigenvalue weighted by Crippen LogP contribution is 2.08. The topological polar surface area (TPSA) is 84.1 Å². The van der Waals surface area contributed by atoms with Gasteiger partial charge in [-0.15, -0.1) is 0 Å². The van der Waals surface area contributed by atoms with Crippen LogP contribution in [0.3, 0.4) is 0 Å². The quantitative estimate of drug-likeness (QED) is 0.710. The van der Waals surface area contributed by atoms with Crippen molar-refractivity contribution in [3.05, 3.63) is 18.0 Å². The fraction of sp³-hybridized carbons (Fsp3) is 0.455. The number of nitrogens with two attached hydrogens (primary N) is 1. The van der Waals surface area contributed by atoms with Crippen LogP contribution in [0.5, 0.6) is 0 Å². The Morgan fingerprint density at radius 3 is 2.89 bits per heavy atom. The summed E-state index contributed by atoms with van der Waals surface area (Å²) < 4.78 is 0. The van der Waals surface area contributed by atoms with Crippen molar-refractivity contribution >= 4 is 29.1 Å². The summed E-state index contributed by atoms with van der Waals surface area (Å²) in [5.74, 6) is 0.374. The maximum atomic E-state index is 11.4. The van der Waals surface area contributed by atoms with E-state index < -0.39 is 0 Å². The summed E-state index contributed by atoms with van der Waals surface area (Å²) in [6, 6.07) is 1.65. The maximum absolute atomic E-state index is 11.4. The van der Waals surface area contributed by atoms with Gasteiger partial charge in [-0.25, -0.2) is 9.97 Å². The molecule has 1 amide bonds. The van der Waals surface area contributed by atoms with Gasteiger partial charge in [0.1, 0.15) is 10.7 Å². The Labute approximate surface area is 112 Å². The van der Waals surface area contributed by atoms with Crippen molar-refractivity contribution in [3.8, 4) is 0 Å². The van der Waals surface area contributed by atoms with Gasteiger partial charge in [-0.3, -0.25) is 4.79 Å². The van der Waals surface area contributed by atoms with Crippen LogP contribution >= 0.6 is 12.2 Å². The number of rotatable bonds is 6. The lowest BCUT2D eigenvalue weighted by Crippen LogP contribution is -2.37. The van der Waals surface area contributed by atoms with Crippen LogP contribution in [0, 0.1) is 0 Å². The molecule has 1 heterocycles. The minimum Gasteiger partial charge on any atom is -0.388 e. The third kappa shape index (κ3) is 3.92. The van der Waals surface area contributed by atoms with Gasteiger partial charge in [0.15, 0.2) is 0 Å². The lowest BCUT2D eigenvalue weighted by Gasteiger charge is -2.21. The number of anilines is 1. The first-order valence-electron chi connectivity index (χ1n) is 5.66.